The molecule has 0 atom stereocenters. The second kappa shape index (κ2) is 3.42. The fraction of sp³-hybridized carbons (Fsp3) is 0.833. The van der Waals surface area contributed by atoms with Gasteiger partial charge in [-0.05, 0) is 49.2 Å². The second-order valence-electron chi connectivity index (χ2n) is 5.76. The molecule has 88 valence electrons. The summed E-state index contributed by atoms with van der Waals surface area (Å²) in [4.78, 5) is 0. The molecule has 4 heteroatoms. The number of nitrogens with zero attached hydrogens (tertiary/aromatic N) is 2. The molecule has 0 amide bonds. The van der Waals surface area contributed by atoms with E-state index in [0.29, 0.717) is 11.3 Å². The minimum absolute atomic E-state index is 0.506. The summed E-state index contributed by atoms with van der Waals surface area (Å²) in [5.74, 6) is 2.63. The Labute approximate surface area is 101 Å². The van der Waals surface area contributed by atoms with Crippen molar-refractivity contribution >= 4 is 12.2 Å². The molecule has 3 nitrogen and oxygen atoms in total. The van der Waals surface area contributed by atoms with Gasteiger partial charge in [0.2, 0.25) is 0 Å². The summed E-state index contributed by atoms with van der Waals surface area (Å²) in [6, 6.07) is 0. The van der Waals surface area contributed by atoms with Crippen molar-refractivity contribution in [1.82, 2.24) is 14.8 Å². The first kappa shape index (κ1) is 10.5. The van der Waals surface area contributed by atoms with Crippen LogP contribution in [0, 0.1) is 16.1 Å². The number of aromatic nitrogens is 3. The van der Waals surface area contributed by atoms with Gasteiger partial charge in [0, 0.05) is 12.5 Å². The van der Waals surface area contributed by atoms with Crippen molar-refractivity contribution < 1.29 is 0 Å². The number of hydrogen-bond donors (Lipinski definition) is 1. The van der Waals surface area contributed by atoms with E-state index in [2.05, 4.69) is 28.6 Å². The van der Waals surface area contributed by atoms with Gasteiger partial charge in [0.15, 0.2) is 4.77 Å². The Balaban J connectivity index is 1.89. The van der Waals surface area contributed by atoms with Gasteiger partial charge in [-0.1, -0.05) is 13.8 Å². The van der Waals surface area contributed by atoms with Crippen LogP contribution in [0.4, 0.5) is 0 Å². The van der Waals surface area contributed by atoms with E-state index in [0.717, 1.165) is 17.2 Å². The van der Waals surface area contributed by atoms with Gasteiger partial charge in [-0.25, -0.2) is 0 Å². The van der Waals surface area contributed by atoms with Crippen molar-refractivity contribution in [3.05, 3.63) is 10.6 Å². The van der Waals surface area contributed by atoms with Crippen molar-refractivity contribution in [3.8, 4) is 0 Å². The Morgan fingerprint density at radius 3 is 2.69 bits per heavy atom. The second-order valence-corrected chi connectivity index (χ2v) is 6.15. The molecule has 2 saturated carbocycles. The Bertz CT molecular complexity index is 449. The quantitative estimate of drug-likeness (QED) is 0.815. The third-order valence-electron chi connectivity index (χ3n) is 4.32. The van der Waals surface area contributed by atoms with E-state index in [-0.39, 0.29) is 0 Å². The van der Waals surface area contributed by atoms with Crippen LogP contribution >= 0.6 is 12.2 Å². The van der Waals surface area contributed by atoms with Crippen LogP contribution < -0.4 is 0 Å². The lowest BCUT2D eigenvalue weighted by atomic mass is 9.92. The normalized spacial score (nSPS) is 22.7. The van der Waals surface area contributed by atoms with Gasteiger partial charge in [0.05, 0.1) is 0 Å². The SMILES string of the molecule is CC(C)C1(Cn2c(C3CC3)n[nH]c2=S)CC1. The molecule has 16 heavy (non-hydrogen) atoms. The van der Waals surface area contributed by atoms with Gasteiger partial charge in [-0.3, -0.25) is 5.10 Å². The molecule has 1 N–H and O–H groups in total. The van der Waals surface area contributed by atoms with Crippen LogP contribution in [0.25, 0.3) is 0 Å². The van der Waals surface area contributed by atoms with Gasteiger partial charge >= 0.3 is 0 Å². The minimum atomic E-state index is 0.506. The minimum Gasteiger partial charge on any atom is -0.303 e. The summed E-state index contributed by atoms with van der Waals surface area (Å²) in [6.45, 7) is 5.73. The van der Waals surface area contributed by atoms with Gasteiger partial charge in [0.1, 0.15) is 5.82 Å². The number of hydrogen-bond acceptors (Lipinski definition) is 2. The monoisotopic (exact) mass is 237 g/mol. The molecule has 0 saturated heterocycles. The topological polar surface area (TPSA) is 33.6 Å². The highest BCUT2D eigenvalue weighted by molar-refractivity contribution is 7.71. The van der Waals surface area contributed by atoms with Crippen LogP contribution in [-0.2, 0) is 6.54 Å². The molecule has 2 aliphatic carbocycles. The molecular formula is C12H19N3S. The Kier molecular flexibility index (Phi) is 2.25. The van der Waals surface area contributed by atoms with Gasteiger partial charge < -0.3 is 4.57 Å². The summed E-state index contributed by atoms with van der Waals surface area (Å²) >= 11 is 5.35. The summed E-state index contributed by atoms with van der Waals surface area (Å²) in [7, 11) is 0. The van der Waals surface area contributed by atoms with E-state index in [9.17, 15) is 0 Å². The maximum atomic E-state index is 5.35. The Morgan fingerprint density at radius 2 is 2.19 bits per heavy atom. The predicted molar refractivity (Wildman–Crippen MR) is 65.9 cm³/mol. The fourth-order valence-corrected chi connectivity index (χ4v) is 2.73. The molecule has 3 rings (SSSR count). The molecule has 0 bridgehead atoms. The van der Waals surface area contributed by atoms with E-state index in [4.69, 9.17) is 12.2 Å². The largest absolute Gasteiger partial charge is 0.303 e. The molecule has 2 fully saturated rings. The summed E-state index contributed by atoms with van der Waals surface area (Å²) < 4.78 is 3.08. The molecule has 1 aromatic rings. The van der Waals surface area contributed by atoms with Gasteiger partial charge in [-0.2, -0.15) is 5.10 Å². The highest BCUT2D eigenvalue weighted by atomic mass is 32.1. The molecule has 2 aliphatic rings. The van der Waals surface area contributed by atoms with Gasteiger partial charge in [0.25, 0.3) is 0 Å². The first-order chi connectivity index (χ1) is 7.62. The van der Waals surface area contributed by atoms with Crippen LogP contribution in [-0.4, -0.2) is 14.8 Å². The van der Waals surface area contributed by atoms with Crippen LogP contribution in [0.15, 0.2) is 0 Å². The number of aromatic amines is 1. The standard InChI is InChI=1S/C12H19N3S/c1-8(2)12(5-6-12)7-15-10(9-3-4-9)13-14-11(15)16/h8-9H,3-7H2,1-2H3,(H,14,16). The molecule has 0 aliphatic heterocycles. The third kappa shape index (κ3) is 1.63. The lowest BCUT2D eigenvalue weighted by molar-refractivity contribution is 0.303. The first-order valence-corrected chi connectivity index (χ1v) is 6.68. The zero-order valence-corrected chi connectivity index (χ0v) is 10.8. The van der Waals surface area contributed by atoms with E-state index in [1.807, 2.05) is 0 Å². The summed E-state index contributed by atoms with van der Waals surface area (Å²) in [5.41, 5.74) is 0.506. The maximum absolute atomic E-state index is 5.35. The lowest BCUT2D eigenvalue weighted by Crippen LogP contribution is -2.19. The first-order valence-electron chi connectivity index (χ1n) is 6.27. The average molecular weight is 237 g/mol. The smallest absolute Gasteiger partial charge is 0.195 e. The van der Waals surface area contributed by atoms with E-state index < -0.39 is 0 Å². The van der Waals surface area contributed by atoms with Crippen molar-refractivity contribution in [2.24, 2.45) is 11.3 Å². The highest BCUT2D eigenvalue weighted by Gasteiger charge is 2.46. The van der Waals surface area contributed by atoms with Crippen LogP contribution in [0.5, 0.6) is 0 Å². The number of nitrogens with one attached hydrogen (secondary N) is 1. The Morgan fingerprint density at radius 1 is 1.50 bits per heavy atom. The molecule has 0 radical (unpaired) electrons. The highest BCUT2D eigenvalue weighted by Crippen LogP contribution is 2.53. The van der Waals surface area contributed by atoms with E-state index >= 15 is 0 Å². The maximum Gasteiger partial charge on any atom is 0.195 e. The zero-order chi connectivity index (χ0) is 11.3. The fourth-order valence-electron chi connectivity index (χ4n) is 2.53. The van der Waals surface area contributed by atoms with Crippen molar-refractivity contribution in [1.29, 1.82) is 0 Å². The number of H-pyrrole nitrogens is 1. The van der Waals surface area contributed by atoms with Gasteiger partial charge in [-0.15, -0.1) is 0 Å². The average Bonchev–Trinajstić information content (AvgIpc) is 3.11. The molecule has 0 aromatic carbocycles. The van der Waals surface area contributed by atoms with Crippen LogP contribution in [0.2, 0.25) is 0 Å². The van der Waals surface area contributed by atoms with Crippen molar-refractivity contribution in [2.75, 3.05) is 0 Å². The Hall–Kier alpha value is -0.640. The summed E-state index contributed by atoms with van der Waals surface area (Å²) in [6.07, 6.45) is 5.27. The molecule has 1 aromatic heterocycles. The number of rotatable bonds is 4. The van der Waals surface area contributed by atoms with E-state index in [1.165, 1.54) is 31.5 Å². The molecule has 0 spiro atoms. The summed E-state index contributed by atoms with van der Waals surface area (Å²) in [5, 5.41) is 7.36. The zero-order valence-electron chi connectivity index (χ0n) is 9.99. The molecule has 1 heterocycles. The third-order valence-corrected chi connectivity index (χ3v) is 4.63. The van der Waals surface area contributed by atoms with Crippen LogP contribution in [0.1, 0.15) is 51.3 Å². The van der Waals surface area contributed by atoms with E-state index in [1.54, 1.807) is 0 Å². The lowest BCUT2D eigenvalue weighted by Gasteiger charge is -2.20. The predicted octanol–water partition coefficient (Wildman–Crippen LogP) is 3.25. The molecular weight excluding hydrogens is 218 g/mol. The molecule has 0 unspecified atom stereocenters. The van der Waals surface area contributed by atoms with Crippen molar-refractivity contribution in [2.45, 2.75) is 52.0 Å². The van der Waals surface area contributed by atoms with Crippen LogP contribution in [0.3, 0.4) is 0 Å². The van der Waals surface area contributed by atoms with Crippen molar-refractivity contribution in [3.63, 3.8) is 0 Å².